The number of allylic oxidation sites excluding steroid dienone is 1. The molecule has 3 aromatic carbocycles. The van der Waals surface area contributed by atoms with E-state index in [1.165, 1.54) is 0 Å². The van der Waals surface area contributed by atoms with Gasteiger partial charge >= 0.3 is 5.97 Å². The average Bonchev–Trinajstić information content (AvgIpc) is 3.34. The number of carbonyl (C=O) groups excluding carboxylic acids is 3. The smallest absolute Gasteiger partial charge is 0.326 e. The molecule has 0 heterocycles. The van der Waals surface area contributed by atoms with Gasteiger partial charge in [-0.3, -0.25) is 14.4 Å². The Morgan fingerprint density at radius 1 is 0.737 bits per heavy atom. The fourth-order valence-corrected chi connectivity index (χ4v) is 4.57. The molecular formula is C31H30N2O5. The molecule has 0 aromatic heterocycles. The van der Waals surface area contributed by atoms with Crippen molar-refractivity contribution in [3.8, 4) is 0 Å². The van der Waals surface area contributed by atoms with E-state index in [2.05, 4.69) is 10.6 Å². The number of hydrogen-bond acceptors (Lipinski definition) is 4. The van der Waals surface area contributed by atoms with Gasteiger partial charge in [0.1, 0.15) is 6.04 Å². The van der Waals surface area contributed by atoms with E-state index in [-0.39, 0.29) is 37.4 Å². The van der Waals surface area contributed by atoms with Crippen molar-refractivity contribution in [1.82, 2.24) is 10.6 Å². The number of carboxylic acids is 1. The Bertz CT molecular complexity index is 1330. The minimum absolute atomic E-state index is 0.129. The fraction of sp³-hybridized carbons (Fsp3) is 0.226. The lowest BCUT2D eigenvalue weighted by Crippen LogP contribution is -2.44. The van der Waals surface area contributed by atoms with E-state index in [1.807, 2.05) is 60.7 Å². The first-order valence-electron chi connectivity index (χ1n) is 12.6. The molecule has 3 aromatic rings. The van der Waals surface area contributed by atoms with Gasteiger partial charge in [-0.1, -0.05) is 78.9 Å². The van der Waals surface area contributed by atoms with Crippen LogP contribution in [0.1, 0.15) is 46.3 Å². The van der Waals surface area contributed by atoms with Crippen molar-refractivity contribution >= 4 is 29.1 Å². The molecular weight excluding hydrogens is 480 g/mol. The minimum atomic E-state index is -1.13. The van der Waals surface area contributed by atoms with Crippen LogP contribution in [0, 0.1) is 0 Å². The molecule has 2 amide bonds. The van der Waals surface area contributed by atoms with E-state index >= 15 is 0 Å². The number of amides is 2. The maximum absolute atomic E-state index is 13.1. The van der Waals surface area contributed by atoms with E-state index in [0.29, 0.717) is 5.56 Å². The Kier molecular flexibility index (Phi) is 8.82. The Labute approximate surface area is 221 Å². The van der Waals surface area contributed by atoms with Crippen molar-refractivity contribution in [2.75, 3.05) is 0 Å². The van der Waals surface area contributed by atoms with Gasteiger partial charge in [0.2, 0.25) is 5.91 Å². The maximum Gasteiger partial charge on any atom is 0.326 e. The third-order valence-corrected chi connectivity index (χ3v) is 6.60. The molecule has 2 atom stereocenters. The van der Waals surface area contributed by atoms with Crippen LogP contribution in [0.4, 0.5) is 0 Å². The predicted octanol–water partition coefficient (Wildman–Crippen LogP) is 3.98. The van der Waals surface area contributed by atoms with Crippen molar-refractivity contribution in [2.45, 2.75) is 44.2 Å². The average molecular weight is 511 g/mol. The molecule has 0 unspecified atom stereocenters. The standard InChI is InChI=1S/C31H30N2O5/c34-28(26(19-21-9-3-1-4-10-21)33-30(36)23-12-5-2-6-13-23)17-18-29(35)32-27(31(37)38)20-24-16-15-22-11-7-8-14-25(22)24/h1-14,16,26-27H,15,17-20H2,(H,32,35)(H,33,36)(H,37,38)/t26-,27-/m0/s1. The lowest BCUT2D eigenvalue weighted by molar-refractivity contribution is -0.141. The van der Waals surface area contributed by atoms with Crippen LogP contribution in [-0.4, -0.2) is 40.8 Å². The number of fused-ring (bicyclic) bond motifs is 1. The second-order valence-corrected chi connectivity index (χ2v) is 9.30. The number of ketones is 1. The van der Waals surface area contributed by atoms with Gasteiger partial charge in [-0.2, -0.15) is 0 Å². The van der Waals surface area contributed by atoms with Crippen molar-refractivity contribution in [3.05, 3.63) is 113 Å². The zero-order valence-electron chi connectivity index (χ0n) is 20.9. The zero-order chi connectivity index (χ0) is 26.9. The molecule has 0 saturated heterocycles. The Balaban J connectivity index is 1.36. The third-order valence-electron chi connectivity index (χ3n) is 6.60. The Hall–Kier alpha value is -4.52. The van der Waals surface area contributed by atoms with Gasteiger partial charge in [-0.25, -0.2) is 4.79 Å². The van der Waals surface area contributed by atoms with E-state index in [1.54, 1.807) is 30.3 Å². The van der Waals surface area contributed by atoms with Crippen molar-refractivity contribution in [1.29, 1.82) is 0 Å². The van der Waals surface area contributed by atoms with E-state index in [0.717, 1.165) is 28.7 Å². The van der Waals surface area contributed by atoms with Gasteiger partial charge < -0.3 is 15.7 Å². The van der Waals surface area contributed by atoms with Crippen LogP contribution in [0.15, 0.2) is 91.0 Å². The molecule has 0 saturated carbocycles. The normalized spacial score (nSPS) is 13.5. The monoisotopic (exact) mass is 510 g/mol. The molecule has 0 spiro atoms. The van der Waals surface area contributed by atoms with Gasteiger partial charge in [0.15, 0.2) is 5.78 Å². The predicted molar refractivity (Wildman–Crippen MR) is 144 cm³/mol. The summed E-state index contributed by atoms with van der Waals surface area (Å²) in [7, 11) is 0. The number of benzene rings is 3. The second kappa shape index (κ2) is 12.6. The van der Waals surface area contributed by atoms with Crippen LogP contribution < -0.4 is 10.6 Å². The summed E-state index contributed by atoms with van der Waals surface area (Å²) in [6.45, 7) is 0. The number of Topliss-reactive ketones (excluding diaryl/α,β-unsaturated/α-hetero) is 1. The third kappa shape index (κ3) is 7.03. The molecule has 7 heteroatoms. The van der Waals surface area contributed by atoms with Crippen LogP contribution in [0.5, 0.6) is 0 Å². The highest BCUT2D eigenvalue weighted by atomic mass is 16.4. The number of nitrogens with one attached hydrogen (secondary N) is 2. The summed E-state index contributed by atoms with van der Waals surface area (Å²) in [5.74, 6) is -2.33. The molecule has 0 fully saturated rings. The summed E-state index contributed by atoms with van der Waals surface area (Å²) in [5, 5.41) is 15.1. The van der Waals surface area contributed by atoms with E-state index in [4.69, 9.17) is 0 Å². The molecule has 4 rings (SSSR count). The van der Waals surface area contributed by atoms with Gasteiger partial charge in [0.05, 0.1) is 6.04 Å². The summed E-state index contributed by atoms with van der Waals surface area (Å²) in [6.07, 6.45) is 2.86. The quantitative estimate of drug-likeness (QED) is 0.341. The van der Waals surface area contributed by atoms with Gasteiger partial charge in [0.25, 0.3) is 5.91 Å². The second-order valence-electron chi connectivity index (χ2n) is 9.30. The Morgan fingerprint density at radius 3 is 2.11 bits per heavy atom. The topological polar surface area (TPSA) is 113 Å². The highest BCUT2D eigenvalue weighted by Crippen LogP contribution is 2.30. The molecule has 0 bridgehead atoms. The molecule has 0 aliphatic heterocycles. The first-order chi connectivity index (χ1) is 18.4. The molecule has 1 aliphatic carbocycles. The van der Waals surface area contributed by atoms with Crippen LogP contribution in [0.25, 0.3) is 5.57 Å². The summed E-state index contributed by atoms with van der Waals surface area (Å²) in [4.78, 5) is 50.4. The lowest BCUT2D eigenvalue weighted by atomic mass is 9.98. The summed E-state index contributed by atoms with van der Waals surface area (Å²) >= 11 is 0. The largest absolute Gasteiger partial charge is 0.480 e. The number of hydrogen-bond donors (Lipinski definition) is 3. The first kappa shape index (κ1) is 26.5. The fourth-order valence-electron chi connectivity index (χ4n) is 4.57. The summed E-state index contributed by atoms with van der Waals surface area (Å²) in [5.41, 5.74) is 4.32. The number of carboxylic acid groups (broad SMARTS) is 1. The SMILES string of the molecule is O=C(CCC(=O)[C@H](Cc1ccccc1)NC(=O)c1ccccc1)N[C@@H](CC1=CCc2ccccc21)C(=O)O. The highest BCUT2D eigenvalue weighted by molar-refractivity contribution is 5.98. The van der Waals surface area contributed by atoms with Crippen molar-refractivity contribution in [2.24, 2.45) is 0 Å². The maximum atomic E-state index is 13.1. The first-order valence-corrected chi connectivity index (χ1v) is 12.6. The van der Waals surface area contributed by atoms with Crippen LogP contribution in [0.3, 0.4) is 0 Å². The number of carbonyl (C=O) groups is 4. The number of aliphatic carboxylic acids is 1. The zero-order valence-corrected chi connectivity index (χ0v) is 20.9. The summed E-state index contributed by atoms with van der Waals surface area (Å²) in [6, 6.07) is 23.8. The molecule has 1 aliphatic rings. The van der Waals surface area contributed by atoms with Crippen molar-refractivity contribution in [3.63, 3.8) is 0 Å². The van der Waals surface area contributed by atoms with Crippen LogP contribution >= 0.6 is 0 Å². The van der Waals surface area contributed by atoms with Crippen LogP contribution in [0.2, 0.25) is 0 Å². The van der Waals surface area contributed by atoms with Gasteiger partial charge in [-0.15, -0.1) is 0 Å². The summed E-state index contributed by atoms with van der Waals surface area (Å²) < 4.78 is 0. The minimum Gasteiger partial charge on any atom is -0.480 e. The van der Waals surface area contributed by atoms with Crippen molar-refractivity contribution < 1.29 is 24.3 Å². The van der Waals surface area contributed by atoms with Gasteiger partial charge in [-0.05, 0) is 47.2 Å². The molecule has 3 N–H and O–H groups in total. The Morgan fingerprint density at radius 2 is 1.39 bits per heavy atom. The molecule has 194 valence electrons. The molecule has 7 nitrogen and oxygen atoms in total. The molecule has 38 heavy (non-hydrogen) atoms. The van der Waals surface area contributed by atoms with E-state index in [9.17, 15) is 24.3 Å². The molecule has 0 radical (unpaired) electrons. The van der Waals surface area contributed by atoms with E-state index < -0.39 is 24.0 Å². The highest BCUT2D eigenvalue weighted by Gasteiger charge is 2.26. The number of rotatable bonds is 12. The lowest BCUT2D eigenvalue weighted by Gasteiger charge is -2.19. The van der Waals surface area contributed by atoms with Crippen LogP contribution in [-0.2, 0) is 27.2 Å². The van der Waals surface area contributed by atoms with Gasteiger partial charge in [0, 0.05) is 24.8 Å².